The van der Waals surface area contributed by atoms with Crippen molar-refractivity contribution in [3.63, 3.8) is 0 Å². The quantitative estimate of drug-likeness (QED) is 0.864. The molecule has 1 unspecified atom stereocenters. The Balaban J connectivity index is 2.14. The van der Waals surface area contributed by atoms with Gasteiger partial charge in [0, 0.05) is 0 Å². The second kappa shape index (κ2) is 5.53. The van der Waals surface area contributed by atoms with Gasteiger partial charge in [-0.25, -0.2) is 4.79 Å². The SMILES string of the molecule is CC1CCC(c2cccc(C(O)C(=O)O)c2)CC1. The van der Waals surface area contributed by atoms with Gasteiger partial charge in [-0.05, 0) is 35.8 Å². The van der Waals surface area contributed by atoms with Crippen molar-refractivity contribution in [1.29, 1.82) is 0 Å². The molecule has 0 aliphatic heterocycles. The smallest absolute Gasteiger partial charge is 0.337 e. The zero-order valence-electron chi connectivity index (χ0n) is 10.7. The molecule has 1 atom stereocenters. The first-order valence-electron chi connectivity index (χ1n) is 6.58. The van der Waals surface area contributed by atoms with Crippen LogP contribution in [-0.4, -0.2) is 16.2 Å². The van der Waals surface area contributed by atoms with E-state index in [1.54, 1.807) is 6.07 Å². The van der Waals surface area contributed by atoms with Crippen molar-refractivity contribution in [3.05, 3.63) is 35.4 Å². The number of hydrogen-bond acceptors (Lipinski definition) is 2. The van der Waals surface area contributed by atoms with Gasteiger partial charge in [-0.2, -0.15) is 0 Å². The summed E-state index contributed by atoms with van der Waals surface area (Å²) < 4.78 is 0. The number of aliphatic hydroxyl groups excluding tert-OH is 1. The van der Waals surface area contributed by atoms with E-state index in [1.165, 1.54) is 18.4 Å². The molecule has 0 heterocycles. The first-order valence-corrected chi connectivity index (χ1v) is 6.58. The molecule has 0 bridgehead atoms. The van der Waals surface area contributed by atoms with Crippen molar-refractivity contribution >= 4 is 5.97 Å². The topological polar surface area (TPSA) is 57.5 Å². The molecule has 1 aliphatic carbocycles. The van der Waals surface area contributed by atoms with E-state index in [9.17, 15) is 9.90 Å². The first-order chi connectivity index (χ1) is 8.58. The minimum absolute atomic E-state index is 0.485. The van der Waals surface area contributed by atoms with Gasteiger partial charge < -0.3 is 10.2 Å². The lowest BCUT2D eigenvalue weighted by Crippen LogP contribution is -2.13. The fourth-order valence-electron chi connectivity index (χ4n) is 2.72. The van der Waals surface area contributed by atoms with Crippen molar-refractivity contribution in [2.24, 2.45) is 5.92 Å². The minimum atomic E-state index is -1.41. The lowest BCUT2D eigenvalue weighted by Gasteiger charge is -2.26. The molecule has 3 heteroatoms. The molecule has 18 heavy (non-hydrogen) atoms. The highest BCUT2D eigenvalue weighted by molar-refractivity contribution is 5.74. The molecule has 2 N–H and O–H groups in total. The third-order valence-electron chi connectivity index (χ3n) is 3.95. The Kier molecular flexibility index (Phi) is 4.02. The summed E-state index contributed by atoms with van der Waals surface area (Å²) in [4.78, 5) is 10.8. The van der Waals surface area contributed by atoms with E-state index in [1.807, 2.05) is 18.2 Å². The van der Waals surface area contributed by atoms with E-state index in [4.69, 9.17) is 5.11 Å². The highest BCUT2D eigenvalue weighted by Gasteiger charge is 2.21. The molecule has 1 aromatic rings. The number of carboxylic acids is 1. The molecule has 2 rings (SSSR count). The van der Waals surface area contributed by atoms with Gasteiger partial charge in [0.15, 0.2) is 6.10 Å². The molecule has 0 saturated heterocycles. The van der Waals surface area contributed by atoms with Crippen LogP contribution in [0.25, 0.3) is 0 Å². The van der Waals surface area contributed by atoms with Crippen molar-refractivity contribution in [2.75, 3.05) is 0 Å². The molecule has 1 saturated carbocycles. The second-order valence-electron chi connectivity index (χ2n) is 5.37. The number of carboxylic acid groups (broad SMARTS) is 1. The Morgan fingerprint density at radius 2 is 1.94 bits per heavy atom. The maximum absolute atomic E-state index is 10.8. The van der Waals surface area contributed by atoms with Gasteiger partial charge in [-0.1, -0.05) is 44.0 Å². The molecular formula is C15H20O3. The molecule has 0 spiro atoms. The van der Waals surface area contributed by atoms with Gasteiger partial charge in [0.25, 0.3) is 0 Å². The molecular weight excluding hydrogens is 228 g/mol. The summed E-state index contributed by atoms with van der Waals surface area (Å²) in [7, 11) is 0. The van der Waals surface area contributed by atoms with Crippen LogP contribution in [0.4, 0.5) is 0 Å². The maximum Gasteiger partial charge on any atom is 0.337 e. The molecule has 98 valence electrons. The van der Waals surface area contributed by atoms with Crippen molar-refractivity contribution in [2.45, 2.75) is 44.6 Å². The Labute approximate surface area is 107 Å². The zero-order valence-corrected chi connectivity index (χ0v) is 10.7. The van der Waals surface area contributed by atoms with Gasteiger partial charge in [0.05, 0.1) is 0 Å². The van der Waals surface area contributed by atoms with Crippen LogP contribution < -0.4 is 0 Å². The maximum atomic E-state index is 10.8. The molecule has 0 amide bonds. The molecule has 1 aromatic carbocycles. The van der Waals surface area contributed by atoms with E-state index >= 15 is 0 Å². The lowest BCUT2D eigenvalue weighted by molar-refractivity contribution is -0.146. The zero-order chi connectivity index (χ0) is 13.1. The molecule has 1 aliphatic rings. The number of hydrogen-bond donors (Lipinski definition) is 2. The van der Waals surface area contributed by atoms with E-state index in [2.05, 4.69) is 6.92 Å². The number of aliphatic carboxylic acids is 1. The fraction of sp³-hybridized carbons (Fsp3) is 0.533. The summed E-state index contributed by atoms with van der Waals surface area (Å²) in [5, 5.41) is 18.4. The third kappa shape index (κ3) is 2.91. The normalized spacial score (nSPS) is 25.7. The van der Waals surface area contributed by atoms with Crippen molar-refractivity contribution < 1.29 is 15.0 Å². The average Bonchev–Trinajstić information content (AvgIpc) is 2.38. The summed E-state index contributed by atoms with van der Waals surface area (Å²) in [5.41, 5.74) is 1.65. The predicted octanol–water partition coefficient (Wildman–Crippen LogP) is 3.10. The van der Waals surface area contributed by atoms with Crippen LogP contribution in [0.1, 0.15) is 55.8 Å². The second-order valence-corrected chi connectivity index (χ2v) is 5.37. The van der Waals surface area contributed by atoms with Crippen LogP contribution in [-0.2, 0) is 4.79 Å². The molecule has 1 fully saturated rings. The first kappa shape index (κ1) is 13.1. The van der Waals surface area contributed by atoms with Crippen LogP contribution in [0.2, 0.25) is 0 Å². The van der Waals surface area contributed by atoms with Crippen LogP contribution in [0, 0.1) is 5.92 Å². The summed E-state index contributed by atoms with van der Waals surface area (Å²) >= 11 is 0. The van der Waals surface area contributed by atoms with Crippen LogP contribution in [0.5, 0.6) is 0 Å². The van der Waals surface area contributed by atoms with E-state index in [-0.39, 0.29) is 0 Å². The van der Waals surface area contributed by atoms with E-state index in [0.717, 1.165) is 18.8 Å². The summed E-state index contributed by atoms with van der Waals surface area (Å²) in [6, 6.07) is 7.40. The minimum Gasteiger partial charge on any atom is -0.479 e. The number of rotatable bonds is 3. The standard InChI is InChI=1S/C15H20O3/c1-10-5-7-11(8-6-10)12-3-2-4-13(9-12)14(16)15(17)18/h2-4,9-11,14,16H,5-8H2,1H3,(H,17,18). The Morgan fingerprint density at radius 3 is 2.56 bits per heavy atom. The average molecular weight is 248 g/mol. The van der Waals surface area contributed by atoms with Gasteiger partial charge in [-0.15, -0.1) is 0 Å². The third-order valence-corrected chi connectivity index (χ3v) is 3.95. The number of carbonyl (C=O) groups is 1. The van der Waals surface area contributed by atoms with Gasteiger partial charge in [-0.3, -0.25) is 0 Å². The predicted molar refractivity (Wildman–Crippen MR) is 69.4 cm³/mol. The van der Waals surface area contributed by atoms with E-state index < -0.39 is 12.1 Å². The highest BCUT2D eigenvalue weighted by Crippen LogP contribution is 2.36. The van der Waals surface area contributed by atoms with Crippen LogP contribution >= 0.6 is 0 Å². The summed E-state index contributed by atoms with van der Waals surface area (Å²) in [6.07, 6.45) is 3.38. The Morgan fingerprint density at radius 1 is 1.28 bits per heavy atom. The van der Waals surface area contributed by atoms with Crippen LogP contribution in [0.15, 0.2) is 24.3 Å². The highest BCUT2D eigenvalue weighted by atomic mass is 16.4. The number of aliphatic hydroxyl groups is 1. The Hall–Kier alpha value is -1.35. The number of benzene rings is 1. The van der Waals surface area contributed by atoms with Crippen LogP contribution in [0.3, 0.4) is 0 Å². The van der Waals surface area contributed by atoms with Crippen molar-refractivity contribution in [3.8, 4) is 0 Å². The largest absolute Gasteiger partial charge is 0.479 e. The van der Waals surface area contributed by atoms with Gasteiger partial charge >= 0.3 is 5.97 Å². The Bertz CT molecular complexity index is 420. The summed E-state index contributed by atoms with van der Waals surface area (Å²) in [5.74, 6) is 0.126. The fourth-order valence-corrected chi connectivity index (χ4v) is 2.72. The van der Waals surface area contributed by atoms with Gasteiger partial charge in [0.2, 0.25) is 0 Å². The van der Waals surface area contributed by atoms with Crippen molar-refractivity contribution in [1.82, 2.24) is 0 Å². The summed E-state index contributed by atoms with van der Waals surface area (Å²) in [6.45, 7) is 2.28. The lowest BCUT2D eigenvalue weighted by atomic mass is 9.79. The monoisotopic (exact) mass is 248 g/mol. The van der Waals surface area contributed by atoms with E-state index in [0.29, 0.717) is 11.5 Å². The molecule has 3 nitrogen and oxygen atoms in total. The molecule has 0 aromatic heterocycles. The van der Waals surface area contributed by atoms with Gasteiger partial charge in [0.1, 0.15) is 0 Å². The molecule has 0 radical (unpaired) electrons.